The molecule has 0 radical (unpaired) electrons. The summed E-state index contributed by atoms with van der Waals surface area (Å²) in [5.74, 6) is -1.14. The first kappa shape index (κ1) is 12.5. The first-order chi connectivity index (χ1) is 8.90. The zero-order valence-corrected chi connectivity index (χ0v) is 9.81. The molecule has 0 saturated heterocycles. The zero-order valence-electron chi connectivity index (χ0n) is 9.81. The van der Waals surface area contributed by atoms with Crippen molar-refractivity contribution in [1.29, 1.82) is 0 Å². The summed E-state index contributed by atoms with van der Waals surface area (Å²) in [4.78, 5) is 22.0. The van der Waals surface area contributed by atoms with Gasteiger partial charge in [0.05, 0.1) is 11.3 Å². The number of nitrogen functional groups attached to an aromatic ring is 1. The molecule has 0 unspecified atom stereocenters. The lowest BCUT2D eigenvalue weighted by Gasteiger charge is -2.10. The van der Waals surface area contributed by atoms with Crippen LogP contribution < -0.4 is 22.5 Å². The van der Waals surface area contributed by atoms with E-state index in [9.17, 15) is 14.7 Å². The van der Waals surface area contributed by atoms with Gasteiger partial charge in [-0.2, -0.15) is 0 Å². The van der Waals surface area contributed by atoms with E-state index in [0.717, 1.165) is 0 Å². The van der Waals surface area contributed by atoms with Crippen LogP contribution in [0.4, 0.5) is 16.2 Å². The molecule has 0 atom stereocenters. The van der Waals surface area contributed by atoms with E-state index in [1.165, 1.54) is 6.07 Å². The van der Waals surface area contributed by atoms with Crippen LogP contribution in [-0.4, -0.2) is 17.0 Å². The van der Waals surface area contributed by atoms with Crippen LogP contribution in [0, 0.1) is 0 Å². The van der Waals surface area contributed by atoms with Crippen molar-refractivity contribution in [2.24, 2.45) is 11.5 Å². The van der Waals surface area contributed by atoms with E-state index in [1.54, 1.807) is 18.2 Å². The van der Waals surface area contributed by atoms with Crippen molar-refractivity contribution >= 4 is 34.1 Å². The van der Waals surface area contributed by atoms with Crippen LogP contribution >= 0.6 is 0 Å². The van der Waals surface area contributed by atoms with E-state index in [4.69, 9.17) is 17.2 Å². The number of carbonyl (C=O) groups excluding carboxylic acids is 2. The van der Waals surface area contributed by atoms with Crippen molar-refractivity contribution in [1.82, 2.24) is 0 Å². The van der Waals surface area contributed by atoms with Gasteiger partial charge in [-0.25, -0.2) is 4.79 Å². The third-order valence-corrected chi connectivity index (χ3v) is 2.68. The number of anilines is 2. The van der Waals surface area contributed by atoms with E-state index >= 15 is 0 Å². The number of hydrogen-bond acceptors (Lipinski definition) is 4. The Kier molecular flexibility index (Phi) is 2.88. The monoisotopic (exact) mass is 260 g/mol. The lowest BCUT2D eigenvalue weighted by Crippen LogP contribution is -2.19. The highest BCUT2D eigenvalue weighted by molar-refractivity contribution is 6.07. The third kappa shape index (κ3) is 2.21. The second-order valence-electron chi connectivity index (χ2n) is 3.98. The fourth-order valence-electron chi connectivity index (χ4n) is 1.83. The molecule has 0 aliphatic carbocycles. The van der Waals surface area contributed by atoms with E-state index in [1.807, 2.05) is 0 Å². The second-order valence-corrected chi connectivity index (χ2v) is 3.98. The van der Waals surface area contributed by atoms with Gasteiger partial charge in [-0.1, -0.05) is 6.07 Å². The van der Waals surface area contributed by atoms with Crippen LogP contribution in [0.5, 0.6) is 5.75 Å². The van der Waals surface area contributed by atoms with Gasteiger partial charge in [0.25, 0.3) is 5.91 Å². The van der Waals surface area contributed by atoms with Crippen LogP contribution in [0.25, 0.3) is 10.8 Å². The van der Waals surface area contributed by atoms with Crippen LogP contribution in [-0.2, 0) is 0 Å². The summed E-state index contributed by atoms with van der Waals surface area (Å²) in [6.07, 6.45) is 0. The fourth-order valence-corrected chi connectivity index (χ4v) is 1.83. The highest BCUT2D eigenvalue weighted by Gasteiger charge is 2.14. The molecule has 0 aliphatic rings. The smallest absolute Gasteiger partial charge is 0.316 e. The molecule has 98 valence electrons. The number of hydrogen-bond donors (Lipinski definition) is 5. The Balaban J connectivity index is 2.68. The molecule has 19 heavy (non-hydrogen) atoms. The average molecular weight is 260 g/mol. The molecule has 0 bridgehead atoms. The number of fused-ring (bicyclic) bond motifs is 1. The van der Waals surface area contributed by atoms with Gasteiger partial charge >= 0.3 is 6.03 Å². The molecule has 0 aliphatic heterocycles. The van der Waals surface area contributed by atoms with E-state index in [0.29, 0.717) is 16.5 Å². The summed E-state index contributed by atoms with van der Waals surface area (Å²) in [6.45, 7) is 0. The molecule has 8 N–H and O–H groups in total. The zero-order chi connectivity index (χ0) is 14.2. The van der Waals surface area contributed by atoms with Crippen molar-refractivity contribution < 1.29 is 14.7 Å². The Hall–Kier alpha value is -2.96. The maximum Gasteiger partial charge on any atom is 0.316 e. The molecule has 0 aromatic heterocycles. The van der Waals surface area contributed by atoms with Gasteiger partial charge in [0, 0.05) is 11.1 Å². The molecule has 2 rings (SSSR count). The summed E-state index contributed by atoms with van der Waals surface area (Å²) in [7, 11) is 0. The number of carbonyl (C=O) groups is 2. The molecule has 3 amide bonds. The minimum atomic E-state index is -0.792. The van der Waals surface area contributed by atoms with Crippen molar-refractivity contribution in [2.45, 2.75) is 0 Å². The number of rotatable bonds is 2. The van der Waals surface area contributed by atoms with Gasteiger partial charge in [-0.05, 0) is 23.6 Å². The molecule has 2 aromatic rings. The number of amides is 3. The minimum absolute atomic E-state index is 0.0527. The number of benzene rings is 2. The molecule has 0 heterocycles. The number of urea groups is 1. The second kappa shape index (κ2) is 4.37. The topological polar surface area (TPSA) is 144 Å². The maximum atomic E-state index is 11.2. The van der Waals surface area contributed by atoms with Gasteiger partial charge in [0.1, 0.15) is 0 Å². The minimum Gasteiger partial charge on any atom is -0.505 e. The summed E-state index contributed by atoms with van der Waals surface area (Å²) in [6, 6.07) is 5.44. The normalized spacial score (nSPS) is 10.3. The lowest BCUT2D eigenvalue weighted by atomic mass is 10.0. The first-order valence-corrected chi connectivity index (χ1v) is 5.31. The SMILES string of the molecule is NC(=O)Nc1ccc2c(N)c(O)c(C(N)=O)cc2c1. The van der Waals surface area contributed by atoms with E-state index in [2.05, 4.69) is 5.32 Å². The van der Waals surface area contributed by atoms with Gasteiger partial charge in [0.15, 0.2) is 5.75 Å². The van der Waals surface area contributed by atoms with Crippen molar-refractivity contribution in [3.63, 3.8) is 0 Å². The quantitative estimate of drug-likeness (QED) is 0.400. The van der Waals surface area contributed by atoms with Gasteiger partial charge in [-0.3, -0.25) is 4.79 Å². The molecule has 2 aromatic carbocycles. The van der Waals surface area contributed by atoms with Crippen LogP contribution in [0.1, 0.15) is 10.4 Å². The first-order valence-electron chi connectivity index (χ1n) is 5.31. The van der Waals surface area contributed by atoms with E-state index < -0.39 is 11.9 Å². The van der Waals surface area contributed by atoms with Crippen molar-refractivity contribution in [2.75, 3.05) is 11.1 Å². The Morgan fingerprint density at radius 2 is 1.84 bits per heavy atom. The molecule has 0 spiro atoms. The maximum absolute atomic E-state index is 11.2. The standard InChI is InChI=1S/C12H12N4O3/c13-9-7-2-1-6(16-12(15)19)3-5(7)4-8(10(9)17)11(14)18/h1-4,17H,13H2,(H2,14,18)(H3,15,16,19). The van der Waals surface area contributed by atoms with Gasteiger partial charge < -0.3 is 27.6 Å². The number of nitrogens with one attached hydrogen (secondary N) is 1. The molecule has 7 heteroatoms. The van der Waals surface area contributed by atoms with Gasteiger partial charge in [-0.15, -0.1) is 0 Å². The number of primary amides is 2. The summed E-state index contributed by atoms with van der Waals surface area (Å²) < 4.78 is 0. The number of aromatic hydroxyl groups is 1. The van der Waals surface area contributed by atoms with Crippen LogP contribution in [0.2, 0.25) is 0 Å². The lowest BCUT2D eigenvalue weighted by molar-refractivity contribution is 0.0998. The largest absolute Gasteiger partial charge is 0.505 e. The Morgan fingerprint density at radius 1 is 1.16 bits per heavy atom. The Bertz CT molecular complexity index is 697. The van der Waals surface area contributed by atoms with Crippen LogP contribution in [0.15, 0.2) is 24.3 Å². The number of nitrogens with two attached hydrogens (primary N) is 3. The van der Waals surface area contributed by atoms with Crippen molar-refractivity contribution in [3.8, 4) is 5.75 Å². The highest BCUT2D eigenvalue weighted by Crippen LogP contribution is 2.34. The Labute approximate surface area is 108 Å². The third-order valence-electron chi connectivity index (χ3n) is 2.68. The predicted molar refractivity (Wildman–Crippen MR) is 71.7 cm³/mol. The molecular weight excluding hydrogens is 248 g/mol. The summed E-state index contributed by atoms with van der Waals surface area (Å²) in [5, 5.41) is 13.3. The van der Waals surface area contributed by atoms with E-state index in [-0.39, 0.29) is 17.0 Å². The molecule has 0 fully saturated rings. The molecular formula is C12H12N4O3. The summed E-state index contributed by atoms with van der Waals surface area (Å²) >= 11 is 0. The van der Waals surface area contributed by atoms with Gasteiger partial charge in [0.2, 0.25) is 0 Å². The summed E-state index contributed by atoms with van der Waals surface area (Å²) in [5.41, 5.74) is 16.3. The Morgan fingerprint density at radius 3 is 2.42 bits per heavy atom. The predicted octanol–water partition coefficient (Wildman–Crippen LogP) is 0.717. The molecule has 7 nitrogen and oxygen atoms in total. The fraction of sp³-hybridized carbons (Fsp3) is 0. The average Bonchev–Trinajstić information content (AvgIpc) is 2.32. The highest BCUT2D eigenvalue weighted by atomic mass is 16.3. The number of phenols is 1. The molecule has 0 saturated carbocycles. The van der Waals surface area contributed by atoms with Crippen LogP contribution in [0.3, 0.4) is 0 Å². The van der Waals surface area contributed by atoms with Crippen molar-refractivity contribution in [3.05, 3.63) is 29.8 Å².